The first-order valence-corrected chi connectivity index (χ1v) is 9.38. The molecule has 0 unspecified atom stereocenters. The first-order chi connectivity index (χ1) is 12.8. The Hall–Kier alpha value is -2.66. The molecule has 0 spiro atoms. The molecule has 0 fully saturated rings. The number of ether oxygens (including phenoxy) is 1. The lowest BCUT2D eigenvalue weighted by Gasteiger charge is -2.13. The molecule has 1 aromatic heterocycles. The molecule has 1 aliphatic heterocycles. The lowest BCUT2D eigenvalue weighted by atomic mass is 10.1. The molecule has 2 heterocycles. The van der Waals surface area contributed by atoms with E-state index < -0.39 is 0 Å². The van der Waals surface area contributed by atoms with Crippen LogP contribution in [0.2, 0.25) is 0 Å². The van der Waals surface area contributed by atoms with Crippen molar-refractivity contribution in [3.63, 3.8) is 0 Å². The molecule has 4 nitrogen and oxygen atoms in total. The maximum absolute atomic E-state index is 6.24. The summed E-state index contributed by atoms with van der Waals surface area (Å²) in [5, 5.41) is 3.37. The standard InChI is InChI=1S/C21H16BrN3O/c22-18-10-5-11-19(24-18)23-16-9-4-3-8-15(16)21-25-20-14-7-2-1-6-13(14)12-17(20)26-21/h1-11,17,20H,12H2,(H,23,24)/t17-,20+/m0/s1. The highest BCUT2D eigenvalue weighted by molar-refractivity contribution is 9.10. The van der Waals surface area contributed by atoms with E-state index in [9.17, 15) is 0 Å². The summed E-state index contributed by atoms with van der Waals surface area (Å²) in [5.41, 5.74) is 4.52. The van der Waals surface area contributed by atoms with Crippen molar-refractivity contribution in [3.05, 3.63) is 88.0 Å². The lowest BCUT2D eigenvalue weighted by Crippen LogP contribution is -2.14. The predicted molar refractivity (Wildman–Crippen MR) is 106 cm³/mol. The zero-order valence-corrected chi connectivity index (χ0v) is 15.5. The molecule has 2 aliphatic rings. The molecule has 0 saturated carbocycles. The number of nitrogens with one attached hydrogen (secondary N) is 1. The quantitative estimate of drug-likeness (QED) is 0.621. The Morgan fingerprint density at radius 2 is 1.81 bits per heavy atom. The molecule has 26 heavy (non-hydrogen) atoms. The maximum Gasteiger partial charge on any atom is 0.219 e. The van der Waals surface area contributed by atoms with Crippen molar-refractivity contribution in [2.75, 3.05) is 5.32 Å². The molecular formula is C21H16BrN3O. The number of benzene rings is 2. The molecule has 2 aromatic carbocycles. The zero-order chi connectivity index (χ0) is 17.5. The third kappa shape index (κ3) is 2.69. The van der Waals surface area contributed by atoms with Gasteiger partial charge in [-0.3, -0.25) is 0 Å². The highest BCUT2D eigenvalue weighted by Gasteiger charge is 2.39. The highest BCUT2D eigenvalue weighted by Crippen LogP contribution is 2.41. The Balaban J connectivity index is 1.49. The third-order valence-corrected chi connectivity index (χ3v) is 5.24. The lowest BCUT2D eigenvalue weighted by molar-refractivity contribution is 0.206. The molecule has 128 valence electrons. The summed E-state index contributed by atoms with van der Waals surface area (Å²) in [6.07, 6.45) is 1.01. The first-order valence-electron chi connectivity index (χ1n) is 8.59. The third-order valence-electron chi connectivity index (χ3n) is 4.80. The number of fused-ring (bicyclic) bond motifs is 3. The summed E-state index contributed by atoms with van der Waals surface area (Å²) in [4.78, 5) is 9.35. The number of anilines is 2. The fourth-order valence-corrected chi connectivity index (χ4v) is 3.97. The number of para-hydroxylation sites is 1. The fraction of sp³-hybridized carbons (Fsp3) is 0.143. The van der Waals surface area contributed by atoms with Crippen LogP contribution in [0.4, 0.5) is 11.5 Å². The molecule has 1 N–H and O–H groups in total. The number of hydrogen-bond acceptors (Lipinski definition) is 4. The average Bonchev–Trinajstić information content (AvgIpc) is 3.20. The minimum Gasteiger partial charge on any atom is -0.471 e. The Bertz CT molecular complexity index is 1020. The van der Waals surface area contributed by atoms with Crippen molar-refractivity contribution < 1.29 is 4.74 Å². The number of hydrogen-bond donors (Lipinski definition) is 1. The maximum atomic E-state index is 6.24. The number of nitrogens with zero attached hydrogens (tertiary/aromatic N) is 2. The van der Waals surface area contributed by atoms with Crippen LogP contribution in [0, 0.1) is 0 Å². The van der Waals surface area contributed by atoms with Crippen molar-refractivity contribution >= 4 is 33.3 Å². The van der Waals surface area contributed by atoms with Gasteiger partial charge < -0.3 is 10.1 Å². The van der Waals surface area contributed by atoms with Crippen LogP contribution >= 0.6 is 15.9 Å². The predicted octanol–water partition coefficient (Wildman–Crippen LogP) is 5.03. The van der Waals surface area contributed by atoms with Crippen LogP contribution < -0.4 is 5.32 Å². The minimum atomic E-state index is 0.0956. The second-order valence-electron chi connectivity index (χ2n) is 6.45. The van der Waals surface area contributed by atoms with Crippen LogP contribution in [-0.2, 0) is 11.2 Å². The Morgan fingerprint density at radius 1 is 0.962 bits per heavy atom. The van der Waals surface area contributed by atoms with Crippen molar-refractivity contribution in [2.45, 2.75) is 18.6 Å². The van der Waals surface area contributed by atoms with Gasteiger partial charge in [0.2, 0.25) is 5.90 Å². The molecule has 2 atom stereocenters. The Morgan fingerprint density at radius 3 is 2.73 bits per heavy atom. The van der Waals surface area contributed by atoms with Gasteiger partial charge in [0, 0.05) is 6.42 Å². The van der Waals surface area contributed by atoms with Crippen molar-refractivity contribution in [1.29, 1.82) is 0 Å². The van der Waals surface area contributed by atoms with Gasteiger partial charge in [0.15, 0.2) is 0 Å². The number of rotatable bonds is 3. The van der Waals surface area contributed by atoms with E-state index in [1.165, 1.54) is 11.1 Å². The van der Waals surface area contributed by atoms with Crippen molar-refractivity contribution in [1.82, 2.24) is 4.98 Å². The summed E-state index contributed by atoms with van der Waals surface area (Å²) < 4.78 is 7.03. The summed E-state index contributed by atoms with van der Waals surface area (Å²) in [7, 11) is 0. The average molecular weight is 406 g/mol. The SMILES string of the molecule is Brc1cccc(Nc2ccccc2C2=N[C@@H]3c4ccccc4C[C@@H]3O2)n1. The molecule has 0 amide bonds. The molecule has 5 rings (SSSR count). The summed E-state index contributed by atoms with van der Waals surface area (Å²) in [6.45, 7) is 0. The van der Waals surface area contributed by atoms with E-state index in [-0.39, 0.29) is 12.1 Å². The molecular weight excluding hydrogens is 390 g/mol. The molecule has 0 bridgehead atoms. The van der Waals surface area contributed by atoms with Gasteiger partial charge >= 0.3 is 0 Å². The van der Waals surface area contributed by atoms with E-state index in [0.717, 1.165) is 28.1 Å². The van der Waals surface area contributed by atoms with Gasteiger partial charge in [0.1, 0.15) is 22.6 Å². The normalized spacial score (nSPS) is 20.1. The van der Waals surface area contributed by atoms with E-state index in [0.29, 0.717) is 5.90 Å². The fourth-order valence-electron chi connectivity index (χ4n) is 3.62. The summed E-state index contributed by atoms with van der Waals surface area (Å²) in [5.74, 6) is 1.48. The van der Waals surface area contributed by atoms with Gasteiger partial charge in [0.05, 0.1) is 11.3 Å². The van der Waals surface area contributed by atoms with Crippen LogP contribution in [0.1, 0.15) is 22.7 Å². The van der Waals surface area contributed by atoms with E-state index in [1.807, 2.05) is 42.5 Å². The number of aliphatic imine (C=N–C) groups is 1. The number of pyridine rings is 1. The largest absolute Gasteiger partial charge is 0.471 e. The van der Waals surface area contributed by atoms with Crippen molar-refractivity contribution in [3.8, 4) is 0 Å². The number of aromatic nitrogens is 1. The van der Waals surface area contributed by atoms with Crippen molar-refractivity contribution in [2.24, 2.45) is 4.99 Å². The van der Waals surface area contributed by atoms with E-state index in [1.54, 1.807) is 0 Å². The summed E-state index contributed by atoms with van der Waals surface area (Å²) >= 11 is 3.41. The van der Waals surface area contributed by atoms with Crippen LogP contribution in [0.5, 0.6) is 0 Å². The Labute approximate surface area is 160 Å². The summed E-state index contributed by atoms with van der Waals surface area (Å²) in [6, 6.07) is 22.4. The molecule has 5 heteroatoms. The first kappa shape index (κ1) is 15.6. The van der Waals surface area contributed by atoms with Gasteiger partial charge in [0.25, 0.3) is 0 Å². The monoisotopic (exact) mass is 405 g/mol. The molecule has 0 radical (unpaired) electrons. The van der Waals surface area contributed by atoms with E-state index in [4.69, 9.17) is 9.73 Å². The second kappa shape index (κ2) is 6.25. The highest BCUT2D eigenvalue weighted by atomic mass is 79.9. The Kier molecular flexibility index (Phi) is 3.75. The minimum absolute atomic E-state index is 0.0956. The van der Waals surface area contributed by atoms with Gasteiger partial charge in [-0.15, -0.1) is 0 Å². The molecule has 1 aliphatic carbocycles. The molecule has 3 aromatic rings. The molecule has 0 saturated heterocycles. The van der Waals surface area contributed by atoms with Gasteiger partial charge in [-0.1, -0.05) is 42.5 Å². The van der Waals surface area contributed by atoms with Gasteiger partial charge in [-0.25, -0.2) is 9.98 Å². The van der Waals surface area contributed by atoms with Gasteiger partial charge in [-0.05, 0) is 51.3 Å². The van der Waals surface area contributed by atoms with E-state index in [2.05, 4.69) is 50.5 Å². The van der Waals surface area contributed by atoms with Crippen LogP contribution in [0.15, 0.2) is 76.3 Å². The van der Waals surface area contributed by atoms with E-state index >= 15 is 0 Å². The van der Waals surface area contributed by atoms with Crippen LogP contribution in [-0.4, -0.2) is 17.0 Å². The zero-order valence-electron chi connectivity index (χ0n) is 13.9. The topological polar surface area (TPSA) is 46.5 Å². The second-order valence-corrected chi connectivity index (χ2v) is 7.27. The van der Waals surface area contributed by atoms with Crippen LogP contribution in [0.3, 0.4) is 0 Å². The smallest absolute Gasteiger partial charge is 0.219 e. The van der Waals surface area contributed by atoms with Crippen LogP contribution in [0.25, 0.3) is 0 Å². The van der Waals surface area contributed by atoms with Gasteiger partial charge in [-0.2, -0.15) is 0 Å². The number of halogens is 1.